The quantitative estimate of drug-likeness (QED) is 0.518. The second-order valence-corrected chi connectivity index (χ2v) is 2.39. The molecule has 1 aromatic rings. The van der Waals surface area contributed by atoms with E-state index < -0.39 is 5.97 Å². The molecule has 1 aliphatic heterocycles. The van der Waals surface area contributed by atoms with E-state index in [1.54, 1.807) is 6.08 Å². The predicted octanol–water partition coefficient (Wildman–Crippen LogP) is -0.761. The number of ether oxygens (including phenoxy) is 1. The molecular formula is C6H7N5O2. The normalized spacial score (nSPS) is 15.4. The lowest BCUT2D eigenvalue weighted by atomic mass is 10.4. The van der Waals surface area contributed by atoms with E-state index in [9.17, 15) is 4.79 Å². The van der Waals surface area contributed by atoms with Gasteiger partial charge in [-0.3, -0.25) is 0 Å². The van der Waals surface area contributed by atoms with E-state index in [0.717, 1.165) is 0 Å². The molecule has 7 nitrogen and oxygen atoms in total. The number of carbonyl (C=O) groups excluding carboxylic acids is 1. The molecule has 0 bridgehead atoms. The highest BCUT2D eigenvalue weighted by Gasteiger charge is 2.17. The minimum Gasteiger partial charge on any atom is -0.457 e. The molecule has 2 heterocycles. The number of aromatic nitrogens is 3. The monoisotopic (exact) mass is 181 g/mol. The number of nitrogens with one attached hydrogen (secondary N) is 2. The number of nitrogens with zero attached hydrogens (tertiary/aromatic N) is 2. The van der Waals surface area contributed by atoms with Gasteiger partial charge in [-0.05, 0) is 6.08 Å². The predicted molar refractivity (Wildman–Crippen MR) is 43.5 cm³/mol. The molecule has 2 rings (SSSR count). The summed E-state index contributed by atoms with van der Waals surface area (Å²) in [7, 11) is 0. The number of anilines is 2. The molecule has 68 valence electrons. The summed E-state index contributed by atoms with van der Waals surface area (Å²) in [5.41, 5.74) is 5.62. The molecule has 1 aromatic heterocycles. The fourth-order valence-corrected chi connectivity index (χ4v) is 0.915. The van der Waals surface area contributed by atoms with Crippen molar-refractivity contribution in [3.05, 3.63) is 11.8 Å². The summed E-state index contributed by atoms with van der Waals surface area (Å²) in [6.07, 6.45) is 1.61. The van der Waals surface area contributed by atoms with Crippen molar-refractivity contribution in [2.24, 2.45) is 0 Å². The largest absolute Gasteiger partial charge is 0.457 e. The van der Waals surface area contributed by atoms with Crippen LogP contribution in [0.4, 0.5) is 11.9 Å². The Hall–Kier alpha value is -2.05. The second-order valence-electron chi connectivity index (χ2n) is 2.39. The maximum Gasteiger partial charge on any atom is 0.354 e. The number of nitrogen functional groups attached to an aromatic ring is 1. The van der Waals surface area contributed by atoms with Crippen LogP contribution in [-0.4, -0.2) is 27.8 Å². The molecule has 0 aromatic carbocycles. The van der Waals surface area contributed by atoms with E-state index >= 15 is 0 Å². The van der Waals surface area contributed by atoms with Gasteiger partial charge in [-0.15, -0.1) is 5.10 Å². The molecule has 1 aliphatic rings. The molecule has 0 amide bonds. The van der Waals surface area contributed by atoms with Crippen LogP contribution in [0.5, 0.6) is 0 Å². The molecular weight excluding hydrogens is 174 g/mol. The first-order valence-corrected chi connectivity index (χ1v) is 3.58. The van der Waals surface area contributed by atoms with Crippen molar-refractivity contribution < 1.29 is 9.53 Å². The second kappa shape index (κ2) is 2.77. The van der Waals surface area contributed by atoms with Gasteiger partial charge in [-0.1, -0.05) is 0 Å². The molecule has 0 saturated carbocycles. The molecule has 0 fully saturated rings. The maximum absolute atomic E-state index is 10.9. The summed E-state index contributed by atoms with van der Waals surface area (Å²) in [4.78, 5) is 14.7. The Kier molecular flexibility index (Phi) is 1.62. The van der Waals surface area contributed by atoms with Gasteiger partial charge in [0, 0.05) is 0 Å². The molecule has 0 aliphatic carbocycles. The van der Waals surface area contributed by atoms with Gasteiger partial charge in [-0.25, -0.2) is 9.89 Å². The van der Waals surface area contributed by atoms with E-state index in [1.807, 2.05) is 0 Å². The summed E-state index contributed by atoms with van der Waals surface area (Å²) >= 11 is 0. The average Bonchev–Trinajstić information content (AvgIpc) is 2.64. The van der Waals surface area contributed by atoms with E-state index in [0.29, 0.717) is 5.70 Å². The summed E-state index contributed by atoms with van der Waals surface area (Å²) in [6.45, 7) is 0.279. The summed E-state index contributed by atoms with van der Waals surface area (Å²) in [5, 5.41) is 8.79. The first kappa shape index (κ1) is 7.59. The zero-order valence-corrected chi connectivity index (χ0v) is 6.57. The van der Waals surface area contributed by atoms with E-state index in [-0.39, 0.29) is 18.5 Å². The van der Waals surface area contributed by atoms with Crippen molar-refractivity contribution in [2.75, 3.05) is 17.7 Å². The van der Waals surface area contributed by atoms with Gasteiger partial charge in [0.05, 0.1) is 0 Å². The number of esters is 1. The van der Waals surface area contributed by atoms with Crippen LogP contribution < -0.4 is 11.1 Å². The number of hydrogen-bond acceptors (Lipinski definition) is 6. The van der Waals surface area contributed by atoms with Crippen LogP contribution in [0.2, 0.25) is 0 Å². The van der Waals surface area contributed by atoms with Crippen LogP contribution in [0, 0.1) is 0 Å². The van der Waals surface area contributed by atoms with Crippen molar-refractivity contribution in [2.45, 2.75) is 0 Å². The highest BCUT2D eigenvalue weighted by atomic mass is 16.5. The zero-order chi connectivity index (χ0) is 9.26. The van der Waals surface area contributed by atoms with Gasteiger partial charge in [0.2, 0.25) is 11.9 Å². The Bertz CT molecular complexity index is 369. The van der Waals surface area contributed by atoms with Crippen LogP contribution in [0.15, 0.2) is 11.8 Å². The molecule has 4 N–H and O–H groups in total. The molecule has 0 radical (unpaired) electrons. The van der Waals surface area contributed by atoms with Crippen molar-refractivity contribution in [1.82, 2.24) is 15.2 Å². The minimum absolute atomic E-state index is 0.189. The molecule has 7 heteroatoms. The van der Waals surface area contributed by atoms with Gasteiger partial charge in [0.1, 0.15) is 12.3 Å². The van der Waals surface area contributed by atoms with Crippen LogP contribution in [0.3, 0.4) is 0 Å². The van der Waals surface area contributed by atoms with Crippen molar-refractivity contribution in [1.29, 1.82) is 0 Å². The third-order valence-electron chi connectivity index (χ3n) is 1.47. The first-order chi connectivity index (χ1) is 6.25. The minimum atomic E-state index is -0.414. The standard InChI is InChI=1S/C6H7N5O2/c7-5-9-6(11-10-5)8-3-1-2-13-4(3)12/h1H,2H2,(H4,7,8,9,10,11). The lowest BCUT2D eigenvalue weighted by molar-refractivity contribution is -0.135. The number of rotatable bonds is 2. The zero-order valence-electron chi connectivity index (χ0n) is 6.57. The number of hydrogen-bond donors (Lipinski definition) is 3. The Balaban J connectivity index is 2.10. The van der Waals surface area contributed by atoms with Gasteiger partial charge in [0.25, 0.3) is 0 Å². The number of carbonyl (C=O) groups is 1. The highest BCUT2D eigenvalue weighted by Crippen LogP contribution is 2.09. The first-order valence-electron chi connectivity index (χ1n) is 3.58. The smallest absolute Gasteiger partial charge is 0.354 e. The fraction of sp³-hybridized carbons (Fsp3) is 0.167. The van der Waals surface area contributed by atoms with Crippen molar-refractivity contribution in [3.63, 3.8) is 0 Å². The topological polar surface area (TPSA) is 106 Å². The summed E-state index contributed by atoms with van der Waals surface area (Å²) in [6, 6.07) is 0. The number of aromatic amines is 1. The van der Waals surface area contributed by atoms with Crippen LogP contribution in [0.25, 0.3) is 0 Å². The van der Waals surface area contributed by atoms with Gasteiger partial charge in [0.15, 0.2) is 0 Å². The fourth-order valence-electron chi connectivity index (χ4n) is 0.915. The lowest BCUT2D eigenvalue weighted by Gasteiger charge is -1.97. The van der Waals surface area contributed by atoms with Crippen LogP contribution in [0.1, 0.15) is 0 Å². The SMILES string of the molecule is Nc1nc(NC2=CCOC2=O)n[nH]1. The maximum atomic E-state index is 10.9. The summed E-state index contributed by atoms with van der Waals surface area (Å²) < 4.78 is 4.65. The summed E-state index contributed by atoms with van der Waals surface area (Å²) in [5.74, 6) is 0.0282. The van der Waals surface area contributed by atoms with E-state index in [4.69, 9.17) is 5.73 Å². The number of cyclic esters (lactones) is 1. The number of H-pyrrole nitrogens is 1. The third-order valence-corrected chi connectivity index (χ3v) is 1.47. The van der Waals surface area contributed by atoms with E-state index in [1.165, 1.54) is 0 Å². The Morgan fingerprint density at radius 1 is 1.69 bits per heavy atom. The Morgan fingerprint density at radius 2 is 2.54 bits per heavy atom. The average molecular weight is 181 g/mol. The molecule has 0 atom stereocenters. The Morgan fingerprint density at radius 3 is 3.08 bits per heavy atom. The van der Waals surface area contributed by atoms with Gasteiger partial charge >= 0.3 is 5.97 Å². The van der Waals surface area contributed by atoms with Crippen molar-refractivity contribution in [3.8, 4) is 0 Å². The highest BCUT2D eigenvalue weighted by molar-refractivity contribution is 5.93. The molecule has 0 saturated heterocycles. The molecule has 13 heavy (non-hydrogen) atoms. The van der Waals surface area contributed by atoms with Gasteiger partial charge in [-0.2, -0.15) is 4.98 Å². The third kappa shape index (κ3) is 1.43. The molecule has 0 spiro atoms. The van der Waals surface area contributed by atoms with Crippen LogP contribution >= 0.6 is 0 Å². The van der Waals surface area contributed by atoms with Gasteiger partial charge < -0.3 is 15.8 Å². The van der Waals surface area contributed by atoms with Crippen LogP contribution in [-0.2, 0) is 9.53 Å². The number of nitrogens with two attached hydrogens (primary N) is 1. The lowest BCUT2D eigenvalue weighted by Crippen LogP contribution is -2.09. The van der Waals surface area contributed by atoms with Crippen molar-refractivity contribution >= 4 is 17.9 Å². The molecule has 0 unspecified atom stereocenters. The van der Waals surface area contributed by atoms with E-state index in [2.05, 4.69) is 25.2 Å². The Labute approximate surface area is 73.0 Å².